The fourth-order valence-electron chi connectivity index (χ4n) is 5.43. The summed E-state index contributed by atoms with van der Waals surface area (Å²) < 4.78 is 33.6. The van der Waals surface area contributed by atoms with Crippen molar-refractivity contribution in [1.82, 2.24) is 10.2 Å². The lowest BCUT2D eigenvalue weighted by atomic mass is 9.95. The zero-order valence-electron chi connectivity index (χ0n) is 23.2. The summed E-state index contributed by atoms with van der Waals surface area (Å²) in [5.41, 5.74) is 2.21. The number of ether oxygens (including phenoxy) is 1. The van der Waals surface area contributed by atoms with Crippen molar-refractivity contribution in [1.29, 1.82) is 0 Å². The molecule has 0 aromatic heterocycles. The van der Waals surface area contributed by atoms with Crippen LogP contribution in [0.2, 0.25) is 0 Å². The van der Waals surface area contributed by atoms with E-state index in [9.17, 15) is 28.3 Å². The van der Waals surface area contributed by atoms with Crippen molar-refractivity contribution in [2.75, 3.05) is 37.7 Å². The average Bonchev–Trinajstić information content (AvgIpc) is 3.07. The van der Waals surface area contributed by atoms with E-state index in [1.807, 2.05) is 0 Å². The van der Waals surface area contributed by atoms with Crippen molar-refractivity contribution in [3.05, 3.63) is 83.4 Å². The van der Waals surface area contributed by atoms with Gasteiger partial charge in [0.15, 0.2) is 0 Å². The van der Waals surface area contributed by atoms with Crippen LogP contribution in [0.3, 0.4) is 0 Å². The summed E-state index contributed by atoms with van der Waals surface area (Å²) in [6.07, 6.45) is 2.81. The second-order valence-corrected chi connectivity index (χ2v) is 10.7. The topological polar surface area (TPSA) is 99.2 Å². The van der Waals surface area contributed by atoms with Crippen LogP contribution in [0.4, 0.5) is 14.5 Å². The number of carboxylic acids is 1. The molecule has 2 amide bonds. The summed E-state index contributed by atoms with van der Waals surface area (Å²) in [4.78, 5) is 41.0. The van der Waals surface area contributed by atoms with Crippen LogP contribution in [0.25, 0.3) is 11.1 Å². The molecule has 0 spiro atoms. The number of carboxylic acid groups (broad SMARTS) is 1. The molecule has 1 saturated heterocycles. The number of rotatable bonds is 10. The summed E-state index contributed by atoms with van der Waals surface area (Å²) >= 11 is 0. The SMILES string of the molecule is O=C(O)CCN1CC(=O)N(Cc2ccc(-c3ccc(F)cc3F)cc2)c2ccc(OCCC3CCNCC3)cc2C1=O. The van der Waals surface area contributed by atoms with Crippen LogP contribution in [-0.2, 0) is 16.1 Å². The number of nitrogens with zero attached hydrogens (tertiary/aromatic N) is 2. The highest BCUT2D eigenvalue weighted by molar-refractivity contribution is 6.09. The molecule has 2 aliphatic rings. The lowest BCUT2D eigenvalue weighted by Crippen LogP contribution is -2.40. The molecule has 3 aromatic rings. The van der Waals surface area contributed by atoms with E-state index in [0.29, 0.717) is 29.5 Å². The summed E-state index contributed by atoms with van der Waals surface area (Å²) in [7, 11) is 0. The average molecular weight is 578 g/mol. The molecule has 0 saturated carbocycles. The molecule has 0 aliphatic carbocycles. The van der Waals surface area contributed by atoms with E-state index in [1.165, 1.54) is 21.9 Å². The second-order valence-electron chi connectivity index (χ2n) is 10.7. The Morgan fingerprint density at radius 1 is 0.976 bits per heavy atom. The Labute approximate surface area is 242 Å². The van der Waals surface area contributed by atoms with Gasteiger partial charge in [0.1, 0.15) is 23.9 Å². The van der Waals surface area contributed by atoms with Gasteiger partial charge in [0.25, 0.3) is 5.91 Å². The summed E-state index contributed by atoms with van der Waals surface area (Å²) in [5, 5.41) is 12.5. The Bertz CT molecular complexity index is 1460. The highest BCUT2D eigenvalue weighted by atomic mass is 19.1. The Hall–Kier alpha value is -4.31. The molecule has 220 valence electrons. The molecule has 10 heteroatoms. The number of piperidine rings is 1. The number of hydrogen-bond donors (Lipinski definition) is 2. The van der Waals surface area contributed by atoms with Gasteiger partial charge in [-0.05, 0) is 79.7 Å². The van der Waals surface area contributed by atoms with Gasteiger partial charge >= 0.3 is 5.97 Å². The van der Waals surface area contributed by atoms with Crippen LogP contribution < -0.4 is 15.0 Å². The number of fused-ring (bicyclic) bond motifs is 1. The summed E-state index contributed by atoms with van der Waals surface area (Å²) in [5.74, 6) is -2.10. The maximum absolute atomic E-state index is 14.3. The maximum atomic E-state index is 14.3. The summed E-state index contributed by atoms with van der Waals surface area (Å²) in [6.45, 7) is 2.26. The molecule has 5 rings (SSSR count). The zero-order chi connectivity index (χ0) is 29.6. The molecule has 0 atom stereocenters. The molecule has 0 bridgehead atoms. The first kappa shape index (κ1) is 29.2. The minimum atomic E-state index is -1.07. The minimum absolute atomic E-state index is 0.105. The second kappa shape index (κ2) is 13.1. The van der Waals surface area contributed by atoms with Crippen LogP contribution in [0.1, 0.15) is 41.6 Å². The molecule has 3 aromatic carbocycles. The van der Waals surface area contributed by atoms with E-state index in [2.05, 4.69) is 5.32 Å². The Kier molecular flexibility index (Phi) is 9.12. The molecule has 8 nitrogen and oxygen atoms in total. The first-order chi connectivity index (χ1) is 20.3. The predicted octanol–water partition coefficient (Wildman–Crippen LogP) is 4.86. The van der Waals surface area contributed by atoms with Gasteiger partial charge < -0.3 is 25.0 Å². The number of carbonyl (C=O) groups is 3. The monoisotopic (exact) mass is 577 g/mol. The van der Waals surface area contributed by atoms with Crippen LogP contribution in [0.5, 0.6) is 5.75 Å². The van der Waals surface area contributed by atoms with Gasteiger partial charge in [-0.1, -0.05) is 24.3 Å². The number of nitrogens with one attached hydrogen (secondary N) is 1. The smallest absolute Gasteiger partial charge is 0.305 e. The van der Waals surface area contributed by atoms with Gasteiger partial charge in [-0.2, -0.15) is 0 Å². The van der Waals surface area contributed by atoms with Gasteiger partial charge in [0.05, 0.1) is 30.8 Å². The standard InChI is InChI=1S/C32H33F2N3O5/c33-24-5-7-26(28(34)17-24)23-3-1-22(2-4-23)19-37-29-8-6-25(42-16-12-21-9-13-35-14-10-21)18-27(29)32(41)36(20-30(37)38)15-11-31(39)40/h1-8,17-18,21,35H,9-16,19-20H2,(H,39,40). The van der Waals surface area contributed by atoms with Crippen LogP contribution in [-0.4, -0.2) is 60.6 Å². The summed E-state index contributed by atoms with van der Waals surface area (Å²) in [6, 6.07) is 15.3. The highest BCUT2D eigenvalue weighted by Gasteiger charge is 2.32. The number of amides is 2. The van der Waals surface area contributed by atoms with Gasteiger partial charge in [-0.25, -0.2) is 8.78 Å². The molecular weight excluding hydrogens is 544 g/mol. The third kappa shape index (κ3) is 6.94. The van der Waals surface area contributed by atoms with Crippen molar-refractivity contribution >= 4 is 23.5 Å². The number of aliphatic carboxylic acids is 1. The quantitative estimate of drug-likeness (QED) is 0.357. The molecule has 2 N–H and O–H groups in total. The van der Waals surface area contributed by atoms with Crippen molar-refractivity contribution in [3.8, 4) is 16.9 Å². The number of halogens is 2. The van der Waals surface area contributed by atoms with E-state index < -0.39 is 23.5 Å². The van der Waals surface area contributed by atoms with Crippen molar-refractivity contribution in [2.24, 2.45) is 5.92 Å². The lowest BCUT2D eigenvalue weighted by Gasteiger charge is -2.24. The van der Waals surface area contributed by atoms with Crippen LogP contribution >= 0.6 is 0 Å². The highest BCUT2D eigenvalue weighted by Crippen LogP contribution is 2.32. The van der Waals surface area contributed by atoms with E-state index in [1.54, 1.807) is 42.5 Å². The number of hydrogen-bond acceptors (Lipinski definition) is 5. The van der Waals surface area contributed by atoms with Crippen LogP contribution in [0.15, 0.2) is 60.7 Å². The molecule has 0 radical (unpaired) electrons. The Morgan fingerprint density at radius 3 is 2.45 bits per heavy atom. The zero-order valence-corrected chi connectivity index (χ0v) is 23.2. The third-order valence-electron chi connectivity index (χ3n) is 7.79. The fourth-order valence-corrected chi connectivity index (χ4v) is 5.43. The first-order valence-electron chi connectivity index (χ1n) is 14.1. The Balaban J connectivity index is 1.38. The van der Waals surface area contributed by atoms with Crippen molar-refractivity contribution < 1.29 is 33.0 Å². The van der Waals surface area contributed by atoms with Gasteiger partial charge in [-0.3, -0.25) is 14.4 Å². The molecule has 2 heterocycles. The van der Waals surface area contributed by atoms with Crippen molar-refractivity contribution in [3.63, 3.8) is 0 Å². The van der Waals surface area contributed by atoms with E-state index in [-0.39, 0.29) is 43.1 Å². The normalized spacial score (nSPS) is 15.9. The molecular formula is C32H33F2N3O5. The predicted molar refractivity (Wildman–Crippen MR) is 153 cm³/mol. The fraction of sp³-hybridized carbons (Fsp3) is 0.344. The van der Waals surface area contributed by atoms with E-state index in [4.69, 9.17) is 4.74 Å². The Morgan fingerprint density at radius 2 is 1.74 bits per heavy atom. The lowest BCUT2D eigenvalue weighted by molar-refractivity contribution is -0.137. The number of benzene rings is 3. The molecule has 42 heavy (non-hydrogen) atoms. The van der Waals surface area contributed by atoms with Crippen LogP contribution in [0, 0.1) is 17.6 Å². The van der Waals surface area contributed by atoms with Gasteiger partial charge in [0, 0.05) is 18.2 Å². The minimum Gasteiger partial charge on any atom is -0.494 e. The molecule has 2 aliphatic heterocycles. The van der Waals surface area contributed by atoms with Crippen molar-refractivity contribution in [2.45, 2.75) is 32.2 Å². The largest absolute Gasteiger partial charge is 0.494 e. The van der Waals surface area contributed by atoms with Gasteiger partial charge in [0.2, 0.25) is 5.91 Å². The number of carbonyl (C=O) groups excluding carboxylic acids is 2. The van der Waals surface area contributed by atoms with E-state index >= 15 is 0 Å². The third-order valence-corrected chi connectivity index (χ3v) is 7.79. The maximum Gasteiger partial charge on any atom is 0.305 e. The van der Waals surface area contributed by atoms with E-state index in [0.717, 1.165) is 44.0 Å². The molecule has 0 unspecified atom stereocenters. The molecule has 1 fully saturated rings. The first-order valence-corrected chi connectivity index (χ1v) is 14.1. The number of anilines is 1. The van der Waals surface area contributed by atoms with Gasteiger partial charge in [-0.15, -0.1) is 0 Å².